The van der Waals surface area contributed by atoms with E-state index in [1.165, 1.54) is 0 Å². The molecule has 0 spiro atoms. The van der Waals surface area contributed by atoms with Gasteiger partial charge in [0.25, 0.3) is 0 Å². The first kappa shape index (κ1) is 19.4. The quantitative estimate of drug-likeness (QED) is 0.707. The van der Waals surface area contributed by atoms with E-state index >= 15 is 0 Å². The van der Waals surface area contributed by atoms with E-state index in [4.69, 9.17) is 0 Å². The van der Waals surface area contributed by atoms with Gasteiger partial charge in [-0.05, 0) is 32.2 Å². The minimum absolute atomic E-state index is 0.165. The fourth-order valence-corrected chi connectivity index (χ4v) is 2.28. The summed E-state index contributed by atoms with van der Waals surface area (Å²) in [5.74, 6) is 1.11. The Balaban J connectivity index is 4.62. The number of carbonyl (C=O) groups excluding carboxylic acids is 1. The van der Waals surface area contributed by atoms with Crippen molar-refractivity contribution in [3.05, 3.63) is 0 Å². The van der Waals surface area contributed by atoms with Crippen molar-refractivity contribution in [3.8, 4) is 0 Å². The highest BCUT2D eigenvalue weighted by Gasteiger charge is 2.22. The van der Waals surface area contributed by atoms with E-state index < -0.39 is 5.60 Å². The van der Waals surface area contributed by atoms with Gasteiger partial charge in [-0.25, -0.2) is 0 Å². The third-order valence-electron chi connectivity index (χ3n) is 2.94. The van der Waals surface area contributed by atoms with Crippen LogP contribution in [0.1, 0.15) is 48.5 Å². The second-order valence-electron chi connectivity index (χ2n) is 7.20. The largest absolute Gasteiger partial charge is 0.389 e. The van der Waals surface area contributed by atoms with Gasteiger partial charge in [0, 0.05) is 19.6 Å². The Hall–Kier alpha value is -0.610. The summed E-state index contributed by atoms with van der Waals surface area (Å²) in [6, 6.07) is 0. The number of nitrogens with zero attached hydrogens (tertiary/aromatic N) is 2. The summed E-state index contributed by atoms with van der Waals surface area (Å²) in [6.45, 7) is 17.4. The van der Waals surface area contributed by atoms with Crippen LogP contribution in [0.25, 0.3) is 0 Å². The summed E-state index contributed by atoms with van der Waals surface area (Å²) >= 11 is 0. The summed E-state index contributed by atoms with van der Waals surface area (Å²) in [4.78, 5) is 16.4. The van der Waals surface area contributed by atoms with Gasteiger partial charge in [0.05, 0.1) is 12.1 Å². The van der Waals surface area contributed by atoms with Crippen molar-refractivity contribution in [2.75, 3.05) is 32.7 Å². The maximum Gasteiger partial charge on any atom is 0.236 e. The van der Waals surface area contributed by atoms with Gasteiger partial charge in [-0.15, -0.1) is 0 Å². The molecule has 0 bridgehead atoms. The van der Waals surface area contributed by atoms with Crippen LogP contribution in [0.15, 0.2) is 0 Å². The summed E-state index contributed by atoms with van der Waals surface area (Å²) in [5, 5.41) is 9.89. The summed E-state index contributed by atoms with van der Waals surface area (Å²) in [5.41, 5.74) is -0.767. The Morgan fingerprint density at radius 1 is 1.10 bits per heavy atom. The molecule has 0 aliphatic rings. The number of hydrogen-bond acceptors (Lipinski definition) is 3. The van der Waals surface area contributed by atoms with Gasteiger partial charge in [0.1, 0.15) is 0 Å². The maximum atomic E-state index is 12.5. The van der Waals surface area contributed by atoms with Crippen molar-refractivity contribution in [1.29, 1.82) is 0 Å². The molecule has 0 fully saturated rings. The molecule has 4 heteroatoms. The average Bonchev–Trinajstić information content (AvgIpc) is 2.23. The zero-order valence-electron chi connectivity index (χ0n) is 14.4. The van der Waals surface area contributed by atoms with Gasteiger partial charge in [0.2, 0.25) is 5.91 Å². The minimum Gasteiger partial charge on any atom is -0.389 e. The topological polar surface area (TPSA) is 43.8 Å². The van der Waals surface area contributed by atoms with Crippen LogP contribution in [0.2, 0.25) is 0 Å². The van der Waals surface area contributed by atoms with Crippen molar-refractivity contribution >= 4 is 5.91 Å². The molecule has 1 N–H and O–H groups in total. The maximum absolute atomic E-state index is 12.5. The van der Waals surface area contributed by atoms with E-state index in [0.717, 1.165) is 19.6 Å². The van der Waals surface area contributed by atoms with Crippen LogP contribution in [-0.2, 0) is 4.79 Å². The second kappa shape index (κ2) is 8.63. The molecular weight excluding hydrogens is 252 g/mol. The Morgan fingerprint density at radius 2 is 1.55 bits per heavy atom. The molecule has 0 unspecified atom stereocenters. The number of hydrogen-bond donors (Lipinski definition) is 1. The number of carbonyl (C=O) groups is 1. The molecule has 120 valence electrons. The predicted molar refractivity (Wildman–Crippen MR) is 84.7 cm³/mol. The Kier molecular flexibility index (Phi) is 8.36. The molecule has 0 aliphatic heterocycles. The number of amides is 1. The highest BCUT2D eigenvalue weighted by Crippen LogP contribution is 2.08. The smallest absolute Gasteiger partial charge is 0.236 e. The number of rotatable bonds is 9. The highest BCUT2D eigenvalue weighted by atomic mass is 16.3. The fraction of sp³-hybridized carbons (Fsp3) is 0.938. The second-order valence-corrected chi connectivity index (χ2v) is 7.20. The zero-order valence-corrected chi connectivity index (χ0v) is 14.4. The van der Waals surface area contributed by atoms with Crippen LogP contribution < -0.4 is 0 Å². The summed E-state index contributed by atoms with van der Waals surface area (Å²) < 4.78 is 0. The SMILES string of the molecule is CCN(CC(=O)N(CC(C)C)CC(C)C)CC(C)(C)O. The molecule has 0 saturated carbocycles. The van der Waals surface area contributed by atoms with Gasteiger partial charge < -0.3 is 10.0 Å². The van der Waals surface area contributed by atoms with Gasteiger partial charge in [-0.3, -0.25) is 9.69 Å². The van der Waals surface area contributed by atoms with Crippen LogP contribution in [0.5, 0.6) is 0 Å². The van der Waals surface area contributed by atoms with Crippen LogP contribution in [-0.4, -0.2) is 59.1 Å². The average molecular weight is 286 g/mol. The fourth-order valence-electron chi connectivity index (χ4n) is 2.28. The molecule has 0 aliphatic carbocycles. The molecule has 0 aromatic heterocycles. The molecule has 4 nitrogen and oxygen atoms in total. The summed E-state index contributed by atoms with van der Waals surface area (Å²) in [7, 11) is 0. The molecule has 0 rings (SSSR count). The zero-order chi connectivity index (χ0) is 15.9. The summed E-state index contributed by atoms with van der Waals surface area (Å²) in [6.07, 6.45) is 0. The van der Waals surface area contributed by atoms with Crippen molar-refractivity contribution in [2.24, 2.45) is 11.8 Å². The lowest BCUT2D eigenvalue weighted by atomic mass is 10.1. The standard InChI is InChI=1S/C16H34N2O2/c1-8-17(12-16(6,7)20)11-15(19)18(9-13(2)3)10-14(4)5/h13-14,20H,8-12H2,1-7H3. The van der Waals surface area contributed by atoms with E-state index in [0.29, 0.717) is 24.9 Å². The van der Waals surface area contributed by atoms with Gasteiger partial charge in [-0.2, -0.15) is 0 Å². The van der Waals surface area contributed by atoms with E-state index in [1.807, 2.05) is 16.7 Å². The van der Waals surface area contributed by atoms with E-state index in [2.05, 4.69) is 27.7 Å². The molecular formula is C16H34N2O2. The van der Waals surface area contributed by atoms with Crippen LogP contribution in [0.4, 0.5) is 0 Å². The van der Waals surface area contributed by atoms with E-state index in [-0.39, 0.29) is 5.91 Å². The highest BCUT2D eigenvalue weighted by molar-refractivity contribution is 5.78. The van der Waals surface area contributed by atoms with Crippen LogP contribution in [0, 0.1) is 11.8 Å². The first-order chi connectivity index (χ1) is 9.05. The van der Waals surface area contributed by atoms with Crippen molar-refractivity contribution < 1.29 is 9.90 Å². The van der Waals surface area contributed by atoms with Gasteiger partial charge in [-0.1, -0.05) is 34.6 Å². The van der Waals surface area contributed by atoms with Gasteiger partial charge >= 0.3 is 0 Å². The van der Waals surface area contributed by atoms with Gasteiger partial charge in [0.15, 0.2) is 0 Å². The Bertz CT molecular complexity index is 273. The third kappa shape index (κ3) is 9.32. The normalized spacial score (nSPS) is 12.6. The molecule has 20 heavy (non-hydrogen) atoms. The molecule has 0 heterocycles. The number of aliphatic hydroxyl groups is 1. The monoisotopic (exact) mass is 286 g/mol. The van der Waals surface area contributed by atoms with Crippen molar-refractivity contribution in [3.63, 3.8) is 0 Å². The Morgan fingerprint density at radius 3 is 1.85 bits per heavy atom. The molecule has 0 radical (unpaired) electrons. The third-order valence-corrected chi connectivity index (χ3v) is 2.94. The molecule has 0 aromatic carbocycles. The lowest BCUT2D eigenvalue weighted by Crippen LogP contribution is -2.47. The molecule has 1 amide bonds. The first-order valence-corrected chi connectivity index (χ1v) is 7.77. The predicted octanol–water partition coefficient (Wildman–Crippen LogP) is 2.22. The van der Waals surface area contributed by atoms with Crippen LogP contribution in [0.3, 0.4) is 0 Å². The van der Waals surface area contributed by atoms with E-state index in [9.17, 15) is 9.90 Å². The molecule has 0 aromatic rings. The van der Waals surface area contributed by atoms with Crippen molar-refractivity contribution in [1.82, 2.24) is 9.80 Å². The van der Waals surface area contributed by atoms with Crippen molar-refractivity contribution in [2.45, 2.75) is 54.1 Å². The lowest BCUT2D eigenvalue weighted by molar-refractivity contribution is -0.134. The molecule has 0 atom stereocenters. The molecule has 0 saturated heterocycles. The first-order valence-electron chi connectivity index (χ1n) is 7.77. The lowest BCUT2D eigenvalue weighted by Gasteiger charge is -2.31. The van der Waals surface area contributed by atoms with Crippen LogP contribution >= 0.6 is 0 Å². The minimum atomic E-state index is -0.767. The van der Waals surface area contributed by atoms with E-state index in [1.54, 1.807) is 13.8 Å². The number of likely N-dealkylation sites (N-methyl/N-ethyl adjacent to an activating group) is 1. The Labute approximate surface area is 125 Å².